The van der Waals surface area contributed by atoms with E-state index in [1.54, 1.807) is 0 Å². The van der Waals surface area contributed by atoms with E-state index in [2.05, 4.69) is 53.8 Å². The standard InChI is InChI=1S/C10H14BrN/c1-7-5-6-8(10(2,3)4)12-9(7)11/h5-6H,1-4H3. The molecule has 1 aromatic rings. The molecule has 1 rings (SSSR count). The molecule has 0 atom stereocenters. The van der Waals surface area contributed by atoms with Gasteiger partial charge in [0.15, 0.2) is 0 Å². The second-order valence-corrected chi connectivity index (χ2v) is 4.81. The first-order valence-electron chi connectivity index (χ1n) is 4.05. The molecule has 0 N–H and O–H groups in total. The van der Waals surface area contributed by atoms with Crippen molar-refractivity contribution in [2.75, 3.05) is 0 Å². The summed E-state index contributed by atoms with van der Waals surface area (Å²) in [5.74, 6) is 0. The van der Waals surface area contributed by atoms with Gasteiger partial charge in [0.25, 0.3) is 0 Å². The lowest BCUT2D eigenvalue weighted by molar-refractivity contribution is 0.567. The van der Waals surface area contributed by atoms with Gasteiger partial charge in [0, 0.05) is 11.1 Å². The summed E-state index contributed by atoms with van der Waals surface area (Å²) in [6.45, 7) is 8.54. The Morgan fingerprint density at radius 2 is 1.83 bits per heavy atom. The van der Waals surface area contributed by atoms with Gasteiger partial charge in [-0.2, -0.15) is 0 Å². The predicted molar refractivity (Wildman–Crippen MR) is 55.4 cm³/mol. The summed E-state index contributed by atoms with van der Waals surface area (Å²) < 4.78 is 0.954. The number of aromatic nitrogens is 1. The van der Waals surface area contributed by atoms with E-state index in [1.165, 1.54) is 5.56 Å². The summed E-state index contributed by atoms with van der Waals surface area (Å²) >= 11 is 3.43. The molecule has 0 aliphatic carbocycles. The SMILES string of the molecule is Cc1ccc(C(C)(C)C)nc1Br. The Labute approximate surface area is 82.3 Å². The lowest BCUT2D eigenvalue weighted by atomic mass is 9.91. The Hall–Kier alpha value is -0.370. The molecule has 1 nitrogen and oxygen atoms in total. The first kappa shape index (κ1) is 9.72. The van der Waals surface area contributed by atoms with Crippen LogP contribution in [-0.4, -0.2) is 4.98 Å². The molecule has 0 saturated carbocycles. The predicted octanol–water partition coefficient (Wildman–Crippen LogP) is 3.45. The third-order valence-corrected chi connectivity index (χ3v) is 2.61. The van der Waals surface area contributed by atoms with Crippen molar-refractivity contribution in [2.45, 2.75) is 33.1 Å². The lowest BCUT2D eigenvalue weighted by Gasteiger charge is -2.17. The number of pyridine rings is 1. The molecule has 0 unspecified atom stereocenters. The number of nitrogens with zero attached hydrogens (tertiary/aromatic N) is 1. The van der Waals surface area contributed by atoms with E-state index >= 15 is 0 Å². The van der Waals surface area contributed by atoms with Gasteiger partial charge in [0.05, 0.1) is 0 Å². The van der Waals surface area contributed by atoms with Crippen LogP contribution >= 0.6 is 15.9 Å². The van der Waals surface area contributed by atoms with Gasteiger partial charge in [-0.25, -0.2) is 4.98 Å². The van der Waals surface area contributed by atoms with Crippen LogP contribution in [0.2, 0.25) is 0 Å². The van der Waals surface area contributed by atoms with E-state index in [9.17, 15) is 0 Å². The first-order valence-corrected chi connectivity index (χ1v) is 4.84. The molecule has 0 amide bonds. The minimum Gasteiger partial charge on any atom is -0.245 e. The van der Waals surface area contributed by atoms with Gasteiger partial charge in [0.2, 0.25) is 0 Å². The average molecular weight is 228 g/mol. The minimum absolute atomic E-state index is 0.135. The van der Waals surface area contributed by atoms with E-state index < -0.39 is 0 Å². The van der Waals surface area contributed by atoms with Crippen LogP contribution in [0.1, 0.15) is 32.0 Å². The van der Waals surface area contributed by atoms with Crippen molar-refractivity contribution in [3.63, 3.8) is 0 Å². The molecule has 1 aromatic heterocycles. The Morgan fingerprint density at radius 1 is 1.25 bits per heavy atom. The van der Waals surface area contributed by atoms with Gasteiger partial charge < -0.3 is 0 Å². The maximum Gasteiger partial charge on any atom is 0.109 e. The molecule has 0 aliphatic rings. The van der Waals surface area contributed by atoms with Crippen LogP contribution in [0.4, 0.5) is 0 Å². The third-order valence-electron chi connectivity index (χ3n) is 1.80. The van der Waals surface area contributed by atoms with Crippen molar-refractivity contribution < 1.29 is 0 Å². The fourth-order valence-corrected chi connectivity index (χ4v) is 1.24. The zero-order chi connectivity index (χ0) is 9.35. The highest BCUT2D eigenvalue weighted by Crippen LogP contribution is 2.23. The van der Waals surface area contributed by atoms with Crippen LogP contribution in [0.5, 0.6) is 0 Å². The molecule has 66 valence electrons. The van der Waals surface area contributed by atoms with Gasteiger partial charge in [-0.3, -0.25) is 0 Å². The van der Waals surface area contributed by atoms with Crippen molar-refractivity contribution in [1.82, 2.24) is 4.98 Å². The molecule has 0 aromatic carbocycles. The first-order chi connectivity index (χ1) is 5.41. The highest BCUT2D eigenvalue weighted by Gasteiger charge is 2.15. The zero-order valence-corrected chi connectivity index (χ0v) is 9.57. The summed E-state index contributed by atoms with van der Waals surface area (Å²) in [6, 6.07) is 4.18. The molecule has 0 aliphatic heterocycles. The van der Waals surface area contributed by atoms with Crippen LogP contribution < -0.4 is 0 Å². The lowest BCUT2D eigenvalue weighted by Crippen LogP contribution is -2.13. The third kappa shape index (κ3) is 2.07. The Kier molecular flexibility index (Phi) is 2.57. The highest BCUT2D eigenvalue weighted by molar-refractivity contribution is 9.10. The quantitative estimate of drug-likeness (QED) is 0.619. The molecule has 12 heavy (non-hydrogen) atoms. The van der Waals surface area contributed by atoms with E-state index in [0.29, 0.717) is 0 Å². The largest absolute Gasteiger partial charge is 0.245 e. The van der Waals surface area contributed by atoms with E-state index in [0.717, 1.165) is 10.3 Å². The summed E-state index contributed by atoms with van der Waals surface area (Å²) in [5.41, 5.74) is 2.44. The topological polar surface area (TPSA) is 12.9 Å². The Bertz CT molecular complexity index is 286. The van der Waals surface area contributed by atoms with Crippen LogP contribution in [0.15, 0.2) is 16.7 Å². The van der Waals surface area contributed by atoms with Crippen LogP contribution in [0.25, 0.3) is 0 Å². The molecular formula is C10H14BrN. The molecule has 0 spiro atoms. The van der Waals surface area contributed by atoms with Crippen LogP contribution in [0, 0.1) is 6.92 Å². The smallest absolute Gasteiger partial charge is 0.109 e. The summed E-state index contributed by atoms with van der Waals surface area (Å²) in [5, 5.41) is 0. The van der Waals surface area contributed by atoms with Crippen molar-refractivity contribution >= 4 is 15.9 Å². The van der Waals surface area contributed by atoms with Crippen molar-refractivity contribution in [1.29, 1.82) is 0 Å². The fraction of sp³-hybridized carbons (Fsp3) is 0.500. The van der Waals surface area contributed by atoms with Gasteiger partial charge in [-0.15, -0.1) is 0 Å². The monoisotopic (exact) mass is 227 g/mol. The number of halogens is 1. The molecule has 0 saturated heterocycles. The van der Waals surface area contributed by atoms with Crippen molar-refractivity contribution in [2.24, 2.45) is 0 Å². The van der Waals surface area contributed by atoms with Gasteiger partial charge in [-0.05, 0) is 34.5 Å². The van der Waals surface area contributed by atoms with Crippen LogP contribution in [0.3, 0.4) is 0 Å². The molecule has 1 heterocycles. The fourth-order valence-electron chi connectivity index (χ4n) is 0.922. The number of aryl methyl sites for hydroxylation is 1. The Morgan fingerprint density at radius 3 is 2.25 bits per heavy atom. The molecule has 0 bridgehead atoms. The maximum atomic E-state index is 4.46. The number of rotatable bonds is 0. The normalized spacial score (nSPS) is 11.8. The van der Waals surface area contributed by atoms with Gasteiger partial charge in [0.1, 0.15) is 4.60 Å². The summed E-state index contributed by atoms with van der Waals surface area (Å²) in [7, 11) is 0. The van der Waals surface area contributed by atoms with Crippen molar-refractivity contribution in [3.8, 4) is 0 Å². The maximum absolute atomic E-state index is 4.46. The second-order valence-electron chi connectivity index (χ2n) is 4.05. The number of hydrogen-bond acceptors (Lipinski definition) is 1. The van der Waals surface area contributed by atoms with Gasteiger partial charge >= 0.3 is 0 Å². The summed E-state index contributed by atoms with van der Waals surface area (Å²) in [6.07, 6.45) is 0. The minimum atomic E-state index is 0.135. The van der Waals surface area contributed by atoms with E-state index in [4.69, 9.17) is 0 Å². The van der Waals surface area contributed by atoms with E-state index in [1.807, 2.05) is 6.92 Å². The molecule has 0 fully saturated rings. The average Bonchev–Trinajstić information content (AvgIpc) is 1.92. The number of hydrogen-bond donors (Lipinski definition) is 0. The van der Waals surface area contributed by atoms with Crippen molar-refractivity contribution in [3.05, 3.63) is 28.0 Å². The molecule has 2 heteroatoms. The highest BCUT2D eigenvalue weighted by atomic mass is 79.9. The van der Waals surface area contributed by atoms with E-state index in [-0.39, 0.29) is 5.41 Å². The zero-order valence-electron chi connectivity index (χ0n) is 7.98. The summed E-state index contributed by atoms with van der Waals surface area (Å²) in [4.78, 5) is 4.46. The van der Waals surface area contributed by atoms with Gasteiger partial charge in [-0.1, -0.05) is 26.8 Å². The Balaban J connectivity index is 3.14. The molecular weight excluding hydrogens is 214 g/mol. The van der Waals surface area contributed by atoms with Crippen LogP contribution in [-0.2, 0) is 5.41 Å². The molecule has 0 radical (unpaired) electrons. The second kappa shape index (κ2) is 3.17.